The van der Waals surface area contributed by atoms with Crippen molar-refractivity contribution in [3.63, 3.8) is 0 Å². The summed E-state index contributed by atoms with van der Waals surface area (Å²) in [5, 5.41) is 0. The van der Waals surface area contributed by atoms with E-state index in [1.807, 2.05) is 27.7 Å². The van der Waals surface area contributed by atoms with E-state index in [4.69, 9.17) is 4.89 Å². The van der Waals surface area contributed by atoms with Crippen LogP contribution in [-0.2, 0) is 9.09 Å². The summed E-state index contributed by atoms with van der Waals surface area (Å²) in [6, 6.07) is 0. The molecule has 0 rings (SSSR count). The van der Waals surface area contributed by atoms with E-state index in [-0.39, 0.29) is 0 Å². The van der Waals surface area contributed by atoms with Crippen molar-refractivity contribution >= 4 is 8.25 Å². The van der Waals surface area contributed by atoms with E-state index < -0.39 is 8.25 Å². The Kier molecular flexibility index (Phi) is 11.4. The number of rotatable bonds is 3. The molecule has 0 aromatic heterocycles. The molecule has 0 saturated heterocycles. The quantitative estimate of drug-likeness (QED) is 0.656. The van der Waals surface area contributed by atoms with Gasteiger partial charge in [-0.15, -0.1) is 9.42 Å². The summed E-state index contributed by atoms with van der Waals surface area (Å²) >= 11 is 0. The van der Waals surface area contributed by atoms with Gasteiger partial charge in [0.15, 0.2) is 0 Å². The van der Waals surface area contributed by atoms with Crippen LogP contribution < -0.4 is 0 Å². The highest BCUT2D eigenvalue weighted by Crippen LogP contribution is 2.15. The molecule has 0 aliphatic heterocycles. The Labute approximate surface area is 63.4 Å². The second-order valence-electron chi connectivity index (χ2n) is 1.93. The van der Waals surface area contributed by atoms with Crippen LogP contribution in [0.3, 0.4) is 0 Å². The van der Waals surface area contributed by atoms with E-state index in [9.17, 15) is 4.57 Å². The molecular formula is C6H16O3P+. The van der Waals surface area contributed by atoms with Crippen LogP contribution in [0.4, 0.5) is 0 Å². The fourth-order valence-corrected chi connectivity index (χ4v) is 0.639. The molecule has 1 atom stereocenters. The highest BCUT2D eigenvalue weighted by Gasteiger charge is 2.11. The average molecular weight is 167 g/mol. The van der Waals surface area contributed by atoms with Crippen molar-refractivity contribution in [1.29, 1.82) is 0 Å². The molecule has 0 aliphatic rings. The maximum Gasteiger partial charge on any atom is 0.694 e. The molecule has 0 radical (unpaired) electrons. The molecule has 0 aliphatic carbocycles. The van der Waals surface area contributed by atoms with Crippen LogP contribution in [0.1, 0.15) is 27.7 Å². The predicted molar refractivity (Wildman–Crippen MR) is 42.0 cm³/mol. The van der Waals surface area contributed by atoms with Crippen molar-refractivity contribution in [3.05, 3.63) is 0 Å². The van der Waals surface area contributed by atoms with Crippen LogP contribution in [0.5, 0.6) is 0 Å². The Morgan fingerprint density at radius 3 is 2.00 bits per heavy atom. The van der Waals surface area contributed by atoms with Crippen molar-refractivity contribution in [2.45, 2.75) is 27.7 Å². The SMILES string of the molecule is CC.CC(C)CO[P+](=O)O. The fourth-order valence-electron chi connectivity index (χ4n) is 0.213. The summed E-state index contributed by atoms with van der Waals surface area (Å²) < 4.78 is 14.2. The molecule has 0 amide bonds. The van der Waals surface area contributed by atoms with E-state index in [1.54, 1.807) is 0 Å². The first-order valence-corrected chi connectivity index (χ1v) is 4.55. The van der Waals surface area contributed by atoms with Gasteiger partial charge in [0.1, 0.15) is 6.61 Å². The van der Waals surface area contributed by atoms with Crippen LogP contribution >= 0.6 is 8.25 Å². The molecular weight excluding hydrogens is 151 g/mol. The van der Waals surface area contributed by atoms with Crippen LogP contribution in [0.25, 0.3) is 0 Å². The monoisotopic (exact) mass is 167 g/mol. The zero-order valence-corrected chi connectivity index (χ0v) is 7.89. The van der Waals surface area contributed by atoms with E-state index in [0.29, 0.717) is 12.5 Å². The normalized spacial score (nSPS) is 10.4. The zero-order valence-electron chi connectivity index (χ0n) is 7.00. The standard InChI is InChI=1S/C4H9O3P.C2H6/c1-4(2)3-7-8(5)6;1-2/h4H,3H2,1-2H3;1-2H3/p+1. The summed E-state index contributed by atoms with van der Waals surface area (Å²) in [7, 11) is -2.38. The Morgan fingerprint density at radius 2 is 1.90 bits per heavy atom. The summed E-state index contributed by atoms with van der Waals surface area (Å²) in [6.45, 7) is 8.18. The maximum atomic E-state index is 9.83. The van der Waals surface area contributed by atoms with Gasteiger partial charge in [0.25, 0.3) is 0 Å². The number of hydrogen-bond donors (Lipinski definition) is 1. The van der Waals surface area contributed by atoms with Crippen LogP contribution in [0.2, 0.25) is 0 Å². The molecule has 0 aromatic rings. The molecule has 0 aromatic carbocycles. The second-order valence-corrected chi connectivity index (χ2v) is 2.66. The number of hydrogen-bond acceptors (Lipinski definition) is 2. The highest BCUT2D eigenvalue weighted by atomic mass is 31.1. The van der Waals surface area contributed by atoms with E-state index >= 15 is 0 Å². The molecule has 0 heterocycles. The summed E-state index contributed by atoms with van der Waals surface area (Å²) in [5.74, 6) is 0.320. The molecule has 0 fully saturated rings. The van der Waals surface area contributed by atoms with Gasteiger partial charge in [-0.2, -0.15) is 0 Å². The first kappa shape index (κ1) is 12.7. The fraction of sp³-hybridized carbons (Fsp3) is 1.00. The van der Waals surface area contributed by atoms with E-state index in [0.717, 1.165) is 0 Å². The average Bonchev–Trinajstić information content (AvgIpc) is 1.89. The molecule has 0 bridgehead atoms. The third-order valence-corrected chi connectivity index (χ3v) is 0.888. The van der Waals surface area contributed by atoms with Gasteiger partial charge in [-0.25, -0.2) is 0 Å². The van der Waals surface area contributed by atoms with Gasteiger partial charge in [-0.3, -0.25) is 0 Å². The first-order valence-electron chi connectivity index (χ1n) is 3.42. The van der Waals surface area contributed by atoms with Crippen LogP contribution in [0, 0.1) is 5.92 Å². The predicted octanol–water partition coefficient (Wildman–Crippen LogP) is 2.33. The van der Waals surface area contributed by atoms with Crippen LogP contribution in [-0.4, -0.2) is 11.5 Å². The van der Waals surface area contributed by atoms with Crippen molar-refractivity contribution < 1.29 is 14.0 Å². The molecule has 4 heteroatoms. The molecule has 62 valence electrons. The minimum atomic E-state index is -2.38. The molecule has 0 saturated carbocycles. The first-order chi connectivity index (χ1) is 4.63. The zero-order chi connectivity index (χ0) is 8.57. The van der Waals surface area contributed by atoms with Gasteiger partial charge in [0.2, 0.25) is 0 Å². The van der Waals surface area contributed by atoms with Crippen molar-refractivity contribution in [3.8, 4) is 0 Å². The van der Waals surface area contributed by atoms with Gasteiger partial charge >= 0.3 is 8.25 Å². The molecule has 1 unspecified atom stereocenters. The third kappa shape index (κ3) is 15.7. The molecule has 3 nitrogen and oxygen atoms in total. The molecule has 0 spiro atoms. The molecule has 10 heavy (non-hydrogen) atoms. The Balaban J connectivity index is 0. The summed E-state index contributed by atoms with van der Waals surface area (Å²) in [6.07, 6.45) is 0. The van der Waals surface area contributed by atoms with Gasteiger partial charge in [0.05, 0.1) is 0 Å². The van der Waals surface area contributed by atoms with Gasteiger partial charge < -0.3 is 0 Å². The van der Waals surface area contributed by atoms with Gasteiger partial charge in [-0.1, -0.05) is 27.7 Å². The maximum absolute atomic E-state index is 9.83. The van der Waals surface area contributed by atoms with Crippen molar-refractivity contribution in [2.75, 3.05) is 6.61 Å². The molecule has 1 N–H and O–H groups in total. The lowest BCUT2D eigenvalue weighted by molar-refractivity contribution is 0.248. The Bertz CT molecular complexity index is 83.1. The minimum Gasteiger partial charge on any atom is -0.133 e. The summed E-state index contributed by atoms with van der Waals surface area (Å²) in [4.78, 5) is 8.09. The van der Waals surface area contributed by atoms with Crippen molar-refractivity contribution in [2.24, 2.45) is 5.92 Å². The van der Waals surface area contributed by atoms with E-state index in [1.165, 1.54) is 0 Å². The highest BCUT2D eigenvalue weighted by molar-refractivity contribution is 7.32. The lowest BCUT2D eigenvalue weighted by Gasteiger charge is -1.92. The van der Waals surface area contributed by atoms with Gasteiger partial charge in [-0.05, 0) is 5.92 Å². The lowest BCUT2D eigenvalue weighted by Crippen LogP contribution is -1.95. The minimum absolute atomic E-state index is 0.320. The Morgan fingerprint density at radius 1 is 1.50 bits per heavy atom. The van der Waals surface area contributed by atoms with Gasteiger partial charge in [0, 0.05) is 4.57 Å². The summed E-state index contributed by atoms with van der Waals surface area (Å²) in [5.41, 5.74) is 0. The van der Waals surface area contributed by atoms with Crippen molar-refractivity contribution in [1.82, 2.24) is 0 Å². The largest absolute Gasteiger partial charge is 0.694 e. The smallest absolute Gasteiger partial charge is 0.133 e. The van der Waals surface area contributed by atoms with Crippen LogP contribution in [0.15, 0.2) is 0 Å². The second kappa shape index (κ2) is 9.02. The lowest BCUT2D eigenvalue weighted by atomic mass is 10.2. The topological polar surface area (TPSA) is 46.5 Å². The Hall–Kier alpha value is 0.0200. The third-order valence-electron chi connectivity index (χ3n) is 0.518. The van der Waals surface area contributed by atoms with E-state index in [2.05, 4.69) is 4.52 Å².